The molecule has 21 heavy (non-hydrogen) atoms. The molecule has 1 aromatic carbocycles. The highest BCUT2D eigenvalue weighted by Crippen LogP contribution is 2.23. The largest absolute Gasteiger partial charge is 0.478 e. The van der Waals surface area contributed by atoms with Crippen molar-refractivity contribution >= 4 is 39.3 Å². The Kier molecular flexibility index (Phi) is 4.49. The molecule has 0 fully saturated rings. The average Bonchev–Trinajstić information content (AvgIpc) is 2.49. The first kappa shape index (κ1) is 14.9. The summed E-state index contributed by atoms with van der Waals surface area (Å²) in [5.74, 6) is -0.959. The topological polar surface area (TPSA) is 104 Å². The summed E-state index contributed by atoms with van der Waals surface area (Å²) < 4.78 is 0.488. The number of nitrogens with one attached hydrogen (secondary N) is 2. The number of carboxylic acid groups (broad SMARTS) is 1. The number of nitrogens with zero attached hydrogens (tertiary/aromatic N) is 2. The van der Waals surface area contributed by atoms with Gasteiger partial charge in [-0.1, -0.05) is 0 Å². The molecule has 0 radical (unpaired) electrons. The van der Waals surface area contributed by atoms with Crippen molar-refractivity contribution in [2.24, 2.45) is 0 Å². The van der Waals surface area contributed by atoms with Crippen LogP contribution in [0.25, 0.3) is 0 Å². The first-order chi connectivity index (χ1) is 10.0. The molecular weight excluding hydrogens is 340 g/mol. The number of halogens is 1. The number of hydrogen-bond donors (Lipinski definition) is 3. The van der Waals surface area contributed by atoms with E-state index in [9.17, 15) is 9.59 Å². The number of amides is 1. The van der Waals surface area contributed by atoms with Gasteiger partial charge < -0.3 is 15.7 Å². The van der Waals surface area contributed by atoms with Crippen LogP contribution in [0, 0.1) is 0 Å². The SMILES string of the molecule is CNC(=O)c1ccc(Nc2ccc(Br)c(C(=O)O)c2)nn1. The molecule has 0 spiro atoms. The van der Waals surface area contributed by atoms with E-state index in [1.165, 1.54) is 19.2 Å². The zero-order valence-electron chi connectivity index (χ0n) is 10.9. The van der Waals surface area contributed by atoms with Gasteiger partial charge in [0.05, 0.1) is 5.56 Å². The number of aromatic carboxylic acids is 1. The maximum absolute atomic E-state index is 11.3. The third kappa shape index (κ3) is 3.54. The van der Waals surface area contributed by atoms with Crippen molar-refractivity contribution in [3.05, 3.63) is 46.1 Å². The molecule has 2 rings (SSSR count). The zero-order chi connectivity index (χ0) is 15.4. The molecule has 3 N–H and O–H groups in total. The zero-order valence-corrected chi connectivity index (χ0v) is 12.5. The second-order valence-electron chi connectivity index (χ2n) is 4.01. The third-order valence-electron chi connectivity index (χ3n) is 2.59. The minimum absolute atomic E-state index is 0.134. The van der Waals surface area contributed by atoms with Gasteiger partial charge in [-0.3, -0.25) is 4.79 Å². The molecule has 1 aromatic heterocycles. The minimum atomic E-state index is -1.04. The minimum Gasteiger partial charge on any atom is -0.478 e. The monoisotopic (exact) mass is 350 g/mol. The van der Waals surface area contributed by atoms with E-state index in [4.69, 9.17) is 5.11 Å². The molecule has 2 aromatic rings. The van der Waals surface area contributed by atoms with E-state index < -0.39 is 5.97 Å². The summed E-state index contributed by atoms with van der Waals surface area (Å²) in [7, 11) is 1.51. The second kappa shape index (κ2) is 6.31. The van der Waals surface area contributed by atoms with E-state index in [-0.39, 0.29) is 17.2 Å². The Bertz CT molecular complexity index is 688. The van der Waals surface area contributed by atoms with E-state index in [0.29, 0.717) is 16.0 Å². The van der Waals surface area contributed by atoms with Gasteiger partial charge in [-0.15, -0.1) is 10.2 Å². The van der Waals surface area contributed by atoms with Gasteiger partial charge >= 0.3 is 5.97 Å². The molecule has 0 aliphatic rings. The number of hydrogen-bond acceptors (Lipinski definition) is 5. The fourth-order valence-corrected chi connectivity index (χ4v) is 1.98. The van der Waals surface area contributed by atoms with E-state index >= 15 is 0 Å². The van der Waals surface area contributed by atoms with Crippen molar-refractivity contribution in [2.75, 3.05) is 12.4 Å². The Balaban J connectivity index is 2.20. The van der Waals surface area contributed by atoms with Crippen LogP contribution < -0.4 is 10.6 Å². The van der Waals surface area contributed by atoms with Crippen molar-refractivity contribution in [1.29, 1.82) is 0 Å². The van der Waals surface area contributed by atoms with E-state index in [1.807, 2.05) is 0 Å². The van der Waals surface area contributed by atoms with Crippen LogP contribution in [0.15, 0.2) is 34.8 Å². The summed E-state index contributed by atoms with van der Waals surface area (Å²) in [6, 6.07) is 7.90. The Hall–Kier alpha value is -2.48. The third-order valence-corrected chi connectivity index (χ3v) is 3.28. The standard InChI is InChI=1S/C13H11BrN4O3/c1-15-12(19)10-4-5-11(18-17-10)16-7-2-3-9(14)8(6-7)13(20)21/h2-6H,1H3,(H,15,19)(H,16,18)(H,20,21). The van der Waals surface area contributed by atoms with Gasteiger partial charge in [-0.05, 0) is 46.3 Å². The lowest BCUT2D eigenvalue weighted by atomic mass is 10.2. The fraction of sp³-hybridized carbons (Fsp3) is 0.0769. The molecule has 7 nitrogen and oxygen atoms in total. The Morgan fingerprint density at radius 3 is 2.52 bits per heavy atom. The summed E-state index contributed by atoms with van der Waals surface area (Å²) in [6.07, 6.45) is 0. The van der Waals surface area contributed by atoms with Crippen LogP contribution in [0.1, 0.15) is 20.8 Å². The lowest BCUT2D eigenvalue weighted by molar-refractivity contribution is 0.0695. The molecule has 8 heteroatoms. The molecule has 0 aliphatic carbocycles. The van der Waals surface area contributed by atoms with Crippen molar-refractivity contribution in [2.45, 2.75) is 0 Å². The highest BCUT2D eigenvalue weighted by molar-refractivity contribution is 9.10. The fourth-order valence-electron chi connectivity index (χ4n) is 1.56. The molecule has 0 unspecified atom stereocenters. The lowest BCUT2D eigenvalue weighted by Gasteiger charge is -2.07. The van der Waals surface area contributed by atoms with E-state index in [2.05, 4.69) is 36.8 Å². The first-order valence-electron chi connectivity index (χ1n) is 5.87. The highest BCUT2D eigenvalue weighted by atomic mass is 79.9. The van der Waals surface area contributed by atoms with Crippen molar-refractivity contribution < 1.29 is 14.7 Å². The molecule has 1 heterocycles. The van der Waals surface area contributed by atoms with Gasteiger partial charge in [0, 0.05) is 17.2 Å². The summed E-state index contributed by atoms with van der Waals surface area (Å²) in [5.41, 5.74) is 0.887. The molecular formula is C13H11BrN4O3. The molecule has 1 amide bonds. The number of benzene rings is 1. The number of carbonyl (C=O) groups excluding carboxylic acids is 1. The first-order valence-corrected chi connectivity index (χ1v) is 6.66. The van der Waals surface area contributed by atoms with Crippen molar-refractivity contribution in [1.82, 2.24) is 15.5 Å². The molecule has 0 aliphatic heterocycles. The van der Waals surface area contributed by atoms with E-state index in [1.54, 1.807) is 18.2 Å². The second-order valence-corrected chi connectivity index (χ2v) is 4.86. The van der Waals surface area contributed by atoms with Crippen LogP contribution in [0.3, 0.4) is 0 Å². The normalized spacial score (nSPS) is 10.0. The summed E-state index contributed by atoms with van der Waals surface area (Å²) >= 11 is 3.17. The summed E-state index contributed by atoms with van der Waals surface area (Å²) in [5, 5.41) is 22.0. The molecule has 108 valence electrons. The number of aromatic nitrogens is 2. The van der Waals surface area contributed by atoms with Crippen LogP contribution in [0.4, 0.5) is 11.5 Å². The quantitative estimate of drug-likeness (QED) is 0.779. The van der Waals surface area contributed by atoms with Crippen LogP contribution >= 0.6 is 15.9 Å². The summed E-state index contributed by atoms with van der Waals surface area (Å²) in [6.45, 7) is 0. The predicted octanol–water partition coefficient (Wildman–Crippen LogP) is 2.04. The van der Waals surface area contributed by atoms with Crippen LogP contribution in [0.5, 0.6) is 0 Å². The predicted molar refractivity (Wildman–Crippen MR) is 79.8 cm³/mol. The van der Waals surface area contributed by atoms with Crippen LogP contribution in [0.2, 0.25) is 0 Å². The van der Waals surface area contributed by atoms with Crippen molar-refractivity contribution in [3.63, 3.8) is 0 Å². The molecule has 0 saturated heterocycles. The Morgan fingerprint density at radius 1 is 1.19 bits per heavy atom. The highest BCUT2D eigenvalue weighted by Gasteiger charge is 2.10. The average molecular weight is 351 g/mol. The molecule has 0 saturated carbocycles. The lowest BCUT2D eigenvalue weighted by Crippen LogP contribution is -2.19. The summed E-state index contributed by atoms with van der Waals surface area (Å²) in [4.78, 5) is 22.4. The maximum Gasteiger partial charge on any atom is 0.336 e. The van der Waals surface area contributed by atoms with E-state index in [0.717, 1.165) is 0 Å². The number of carbonyl (C=O) groups is 2. The Morgan fingerprint density at radius 2 is 1.95 bits per heavy atom. The maximum atomic E-state index is 11.3. The molecule has 0 bridgehead atoms. The van der Waals surface area contributed by atoms with Gasteiger partial charge in [-0.25, -0.2) is 4.79 Å². The number of rotatable bonds is 4. The number of anilines is 2. The smallest absolute Gasteiger partial charge is 0.336 e. The van der Waals surface area contributed by atoms with Crippen LogP contribution in [-0.4, -0.2) is 34.2 Å². The van der Waals surface area contributed by atoms with Gasteiger partial charge in [0.25, 0.3) is 5.91 Å². The van der Waals surface area contributed by atoms with Gasteiger partial charge in [0.15, 0.2) is 11.5 Å². The number of carboxylic acids is 1. The van der Waals surface area contributed by atoms with Crippen LogP contribution in [-0.2, 0) is 0 Å². The van der Waals surface area contributed by atoms with Gasteiger partial charge in [0.1, 0.15) is 0 Å². The van der Waals surface area contributed by atoms with Gasteiger partial charge in [0.2, 0.25) is 0 Å². The Labute approximate surface area is 128 Å². The van der Waals surface area contributed by atoms with Crippen molar-refractivity contribution in [3.8, 4) is 0 Å². The van der Waals surface area contributed by atoms with Gasteiger partial charge in [-0.2, -0.15) is 0 Å². The molecule has 0 atom stereocenters.